The number of ether oxygens (including phenoxy) is 1. The number of carbonyl (C=O) groups excluding carboxylic acids is 1. The highest BCUT2D eigenvalue weighted by Gasteiger charge is 2.20. The summed E-state index contributed by atoms with van der Waals surface area (Å²) in [6, 6.07) is 19.7. The van der Waals surface area contributed by atoms with Crippen molar-refractivity contribution < 1.29 is 9.53 Å². The monoisotopic (exact) mass is 413 g/mol. The molecule has 1 aromatic heterocycles. The maximum Gasteiger partial charge on any atom is 0.221 e. The van der Waals surface area contributed by atoms with Crippen LogP contribution in [0.1, 0.15) is 24.4 Å². The zero-order valence-corrected chi connectivity index (χ0v) is 17.4. The first kappa shape index (κ1) is 19.6. The number of nitrogens with one attached hydrogen (secondary N) is 1. The van der Waals surface area contributed by atoms with Crippen LogP contribution in [-0.2, 0) is 4.79 Å². The van der Waals surface area contributed by atoms with Crippen LogP contribution in [0, 0.1) is 11.3 Å². The van der Waals surface area contributed by atoms with Crippen LogP contribution in [0.5, 0.6) is 5.75 Å². The van der Waals surface area contributed by atoms with E-state index in [1.807, 2.05) is 73.7 Å². The van der Waals surface area contributed by atoms with Crippen molar-refractivity contribution in [3.63, 3.8) is 0 Å². The van der Waals surface area contributed by atoms with Crippen molar-refractivity contribution in [3.05, 3.63) is 76.8 Å². The number of nitriles is 1. The average Bonchev–Trinajstić information content (AvgIpc) is 3.15. The van der Waals surface area contributed by atoms with Crippen molar-refractivity contribution >= 4 is 33.9 Å². The normalized spacial score (nSPS) is 15.4. The molecule has 1 amide bonds. The van der Waals surface area contributed by atoms with Crippen LogP contribution in [0.4, 0.5) is 5.00 Å². The van der Waals surface area contributed by atoms with Gasteiger partial charge in [-0.3, -0.25) is 4.79 Å². The molecule has 4 rings (SSSR count). The molecule has 2 heterocycles. The Bertz CT molecular complexity index is 1200. The molecular weight excluding hydrogens is 394 g/mol. The van der Waals surface area contributed by atoms with Gasteiger partial charge in [-0.25, -0.2) is 4.98 Å². The number of anilines is 1. The number of hydrogen-bond acceptors (Lipinski definition) is 5. The van der Waals surface area contributed by atoms with Crippen LogP contribution in [0.3, 0.4) is 0 Å². The van der Waals surface area contributed by atoms with Crippen LogP contribution >= 0.6 is 11.3 Å². The number of allylic oxidation sites excluding steroid dienone is 1. The minimum Gasteiger partial charge on any atom is -0.485 e. The van der Waals surface area contributed by atoms with Gasteiger partial charge in [0.1, 0.15) is 33.6 Å². The third-order valence-electron chi connectivity index (χ3n) is 4.64. The summed E-state index contributed by atoms with van der Waals surface area (Å²) in [7, 11) is 0. The van der Waals surface area contributed by atoms with E-state index in [2.05, 4.69) is 16.4 Å². The van der Waals surface area contributed by atoms with Crippen LogP contribution in [0.15, 0.2) is 66.2 Å². The number of fused-ring (bicyclic) bond motifs is 1. The molecule has 0 spiro atoms. The molecule has 1 N–H and O–H groups in total. The number of carbonyl (C=O) groups is 1. The summed E-state index contributed by atoms with van der Waals surface area (Å²) < 4.78 is 5.98. The molecule has 0 fully saturated rings. The van der Waals surface area contributed by atoms with Gasteiger partial charge >= 0.3 is 0 Å². The van der Waals surface area contributed by atoms with Gasteiger partial charge in [-0.15, -0.1) is 0 Å². The highest BCUT2D eigenvalue weighted by atomic mass is 32.1. The largest absolute Gasteiger partial charge is 0.485 e. The van der Waals surface area contributed by atoms with Gasteiger partial charge in [-0.05, 0) is 30.7 Å². The predicted molar refractivity (Wildman–Crippen MR) is 120 cm³/mol. The number of rotatable bonds is 4. The van der Waals surface area contributed by atoms with Gasteiger partial charge in [0.15, 0.2) is 0 Å². The molecule has 1 unspecified atom stereocenters. The molecule has 1 atom stereocenters. The molecule has 0 saturated heterocycles. The second kappa shape index (κ2) is 8.36. The molecule has 0 radical (unpaired) electrons. The van der Waals surface area contributed by atoms with Gasteiger partial charge in [-0.1, -0.05) is 59.9 Å². The summed E-state index contributed by atoms with van der Waals surface area (Å²) in [4.78, 5) is 16.4. The summed E-state index contributed by atoms with van der Waals surface area (Å²) >= 11 is 1.29. The fourth-order valence-electron chi connectivity index (χ4n) is 3.20. The highest BCUT2D eigenvalue weighted by Crippen LogP contribution is 2.37. The lowest BCUT2D eigenvalue weighted by Gasteiger charge is -2.22. The highest BCUT2D eigenvalue weighted by molar-refractivity contribution is 7.17. The lowest BCUT2D eigenvalue weighted by molar-refractivity contribution is -0.114. The van der Waals surface area contributed by atoms with E-state index in [1.54, 1.807) is 0 Å². The molecule has 0 saturated carbocycles. The van der Waals surface area contributed by atoms with Gasteiger partial charge in [0.25, 0.3) is 0 Å². The second-order valence-corrected chi connectivity index (χ2v) is 7.86. The number of hydrogen-bond donors (Lipinski definition) is 1. The Kier molecular flexibility index (Phi) is 5.46. The van der Waals surface area contributed by atoms with Crippen molar-refractivity contribution in [3.8, 4) is 23.1 Å². The van der Waals surface area contributed by atoms with Gasteiger partial charge in [0.05, 0.1) is 5.57 Å². The lowest BCUT2D eigenvalue weighted by atomic mass is 10.0. The number of thiazole rings is 1. The van der Waals surface area contributed by atoms with Gasteiger partial charge < -0.3 is 10.1 Å². The van der Waals surface area contributed by atoms with E-state index in [1.165, 1.54) is 18.3 Å². The molecule has 2 aromatic carbocycles. The third kappa shape index (κ3) is 4.02. The topological polar surface area (TPSA) is 75.0 Å². The Hall–Kier alpha value is -3.69. The number of para-hydroxylation sites is 1. The van der Waals surface area contributed by atoms with E-state index in [-0.39, 0.29) is 12.0 Å². The van der Waals surface area contributed by atoms with E-state index in [0.717, 1.165) is 22.4 Å². The first-order valence-corrected chi connectivity index (χ1v) is 10.3. The van der Waals surface area contributed by atoms with Crippen LogP contribution in [0.25, 0.3) is 22.9 Å². The number of aromatic nitrogens is 1. The summed E-state index contributed by atoms with van der Waals surface area (Å²) in [5.74, 6) is 0.646. The van der Waals surface area contributed by atoms with Crippen LogP contribution < -0.4 is 10.1 Å². The molecule has 3 aromatic rings. The minimum atomic E-state index is -0.188. The maximum absolute atomic E-state index is 11.7. The fraction of sp³-hybridized carbons (Fsp3) is 0.125. The molecule has 1 aliphatic heterocycles. The Labute approximate surface area is 179 Å². The fourth-order valence-corrected chi connectivity index (χ4v) is 4.20. The Morgan fingerprint density at radius 1 is 1.20 bits per heavy atom. The third-order valence-corrected chi connectivity index (χ3v) is 5.64. The number of nitrogens with zero attached hydrogens (tertiary/aromatic N) is 2. The standard InChI is InChI=1S/C24H19N3O2S/c1-15-19(12-18-10-6-7-11-21(18)29-15)13-20(14-25)23-27-22(17-8-4-3-5-9-17)24(30-23)26-16(2)28/h3-13,15H,1-2H3,(H,26,28)/b20-13+. The first-order chi connectivity index (χ1) is 14.5. The zero-order valence-electron chi connectivity index (χ0n) is 16.5. The molecule has 0 aliphatic carbocycles. The van der Waals surface area contributed by atoms with Crippen LogP contribution in [0.2, 0.25) is 0 Å². The number of benzene rings is 2. The van der Waals surface area contributed by atoms with Crippen molar-refractivity contribution in [1.82, 2.24) is 4.98 Å². The maximum atomic E-state index is 11.7. The van der Waals surface area contributed by atoms with E-state index in [4.69, 9.17) is 4.74 Å². The van der Waals surface area contributed by atoms with Crippen LogP contribution in [-0.4, -0.2) is 17.0 Å². The van der Waals surface area contributed by atoms with Crippen molar-refractivity contribution in [2.24, 2.45) is 0 Å². The molecule has 6 heteroatoms. The quantitative estimate of drug-likeness (QED) is 0.570. The average molecular weight is 414 g/mol. The predicted octanol–water partition coefficient (Wildman–Crippen LogP) is 5.54. The van der Waals surface area contributed by atoms with E-state index < -0.39 is 0 Å². The van der Waals surface area contributed by atoms with E-state index >= 15 is 0 Å². The van der Waals surface area contributed by atoms with Gasteiger partial charge in [0.2, 0.25) is 5.91 Å². The summed E-state index contributed by atoms with van der Waals surface area (Å²) in [5.41, 5.74) is 3.82. The smallest absolute Gasteiger partial charge is 0.221 e. The zero-order chi connectivity index (χ0) is 21.1. The van der Waals surface area contributed by atoms with Crippen molar-refractivity contribution in [1.29, 1.82) is 5.26 Å². The summed E-state index contributed by atoms with van der Waals surface area (Å²) in [6.07, 6.45) is 3.65. The van der Waals surface area contributed by atoms with E-state index in [9.17, 15) is 10.1 Å². The molecular formula is C24H19N3O2S. The molecule has 5 nitrogen and oxygen atoms in total. The van der Waals surface area contributed by atoms with Gasteiger partial charge in [-0.2, -0.15) is 5.26 Å². The minimum absolute atomic E-state index is 0.182. The number of amides is 1. The summed E-state index contributed by atoms with van der Waals surface area (Å²) in [5, 5.41) is 13.8. The Balaban J connectivity index is 1.77. The van der Waals surface area contributed by atoms with Crippen molar-refractivity contribution in [2.45, 2.75) is 20.0 Å². The molecule has 0 bridgehead atoms. The second-order valence-electron chi connectivity index (χ2n) is 6.86. The van der Waals surface area contributed by atoms with Gasteiger partial charge in [0, 0.05) is 18.1 Å². The first-order valence-electron chi connectivity index (χ1n) is 9.48. The SMILES string of the molecule is CC(=O)Nc1sc(/C(C#N)=C/C2=Cc3ccccc3OC2C)nc1-c1ccccc1. The molecule has 1 aliphatic rings. The molecule has 30 heavy (non-hydrogen) atoms. The Morgan fingerprint density at radius 3 is 2.67 bits per heavy atom. The summed E-state index contributed by atoms with van der Waals surface area (Å²) in [6.45, 7) is 3.41. The molecule has 148 valence electrons. The van der Waals surface area contributed by atoms with E-state index in [0.29, 0.717) is 21.3 Å². The Morgan fingerprint density at radius 2 is 1.93 bits per heavy atom. The lowest BCUT2D eigenvalue weighted by Crippen LogP contribution is -2.17. The van der Waals surface area contributed by atoms with Crippen molar-refractivity contribution in [2.75, 3.05) is 5.32 Å².